The first-order valence-corrected chi connectivity index (χ1v) is 8.18. The van der Waals surface area contributed by atoms with Gasteiger partial charge in [0, 0.05) is 43.0 Å². The van der Waals surface area contributed by atoms with Gasteiger partial charge >= 0.3 is 6.03 Å². The zero-order valence-corrected chi connectivity index (χ0v) is 16.3. The van der Waals surface area contributed by atoms with Gasteiger partial charge in [-0.15, -0.1) is 24.8 Å². The number of hydrogen-bond donors (Lipinski definition) is 2. The second-order valence-electron chi connectivity index (χ2n) is 5.42. The lowest BCUT2D eigenvalue weighted by Gasteiger charge is -2.30. The van der Waals surface area contributed by atoms with Crippen LogP contribution in [-0.4, -0.2) is 42.1 Å². The van der Waals surface area contributed by atoms with Crippen molar-refractivity contribution in [1.29, 1.82) is 0 Å². The van der Waals surface area contributed by atoms with E-state index in [0.717, 1.165) is 18.7 Å². The topological polar surface area (TPSA) is 66.5 Å². The molecule has 0 bridgehead atoms. The van der Waals surface area contributed by atoms with Gasteiger partial charge in [-0.25, -0.2) is 4.79 Å². The van der Waals surface area contributed by atoms with Gasteiger partial charge in [0.1, 0.15) is 5.75 Å². The van der Waals surface area contributed by atoms with Crippen LogP contribution in [0.5, 0.6) is 5.75 Å². The largest absolute Gasteiger partial charge is 0.465 e. The Balaban J connectivity index is 0.00000169. The molecule has 26 heavy (non-hydrogen) atoms. The summed E-state index contributed by atoms with van der Waals surface area (Å²) in [6.07, 6.45) is 2.66. The number of nitrogens with one attached hydrogen (secondary N) is 2. The molecule has 0 aliphatic carbocycles. The highest BCUT2D eigenvalue weighted by Crippen LogP contribution is 2.21. The van der Waals surface area contributed by atoms with Crippen LogP contribution in [0.1, 0.15) is 11.8 Å². The lowest BCUT2D eigenvalue weighted by atomic mass is 10.2. The molecule has 2 N–H and O–H groups in total. The average molecular weight is 420 g/mol. The summed E-state index contributed by atoms with van der Waals surface area (Å²) in [6.45, 7) is 2.93. The first kappa shape index (κ1) is 22.3. The third-order valence-electron chi connectivity index (χ3n) is 3.72. The van der Waals surface area contributed by atoms with Crippen LogP contribution in [0.2, 0.25) is 5.02 Å². The Hall–Kier alpha value is -1.73. The van der Waals surface area contributed by atoms with Crippen molar-refractivity contribution in [2.75, 3.05) is 26.2 Å². The van der Waals surface area contributed by atoms with Crippen LogP contribution >= 0.6 is 36.4 Å². The number of carbonyl (C=O) groups is 1. The van der Waals surface area contributed by atoms with Crippen molar-refractivity contribution in [3.8, 4) is 5.75 Å². The van der Waals surface area contributed by atoms with E-state index in [9.17, 15) is 4.79 Å². The van der Waals surface area contributed by atoms with E-state index >= 15 is 0 Å². The van der Waals surface area contributed by atoms with Crippen LogP contribution < -0.4 is 15.4 Å². The van der Waals surface area contributed by atoms with Crippen molar-refractivity contribution in [2.45, 2.75) is 6.23 Å². The van der Waals surface area contributed by atoms with E-state index < -0.39 is 6.23 Å². The number of amides is 2. The van der Waals surface area contributed by atoms with Gasteiger partial charge in [0.2, 0.25) is 0 Å². The zero-order chi connectivity index (χ0) is 16.8. The number of nitrogens with zero attached hydrogens (tertiary/aromatic N) is 2. The normalized spacial score (nSPS) is 14.4. The van der Waals surface area contributed by atoms with E-state index in [1.165, 1.54) is 0 Å². The SMILES string of the molecule is Cl.Cl.O=C(NC(Oc1cccnc1)c1ccc(Cl)cc1)N1CCNCC1. The van der Waals surface area contributed by atoms with Crippen LogP contribution in [0.3, 0.4) is 0 Å². The summed E-state index contributed by atoms with van der Waals surface area (Å²) in [7, 11) is 0. The maximum atomic E-state index is 12.5. The van der Waals surface area contributed by atoms with Gasteiger partial charge in [-0.3, -0.25) is 10.3 Å². The average Bonchev–Trinajstić information content (AvgIpc) is 2.63. The van der Waals surface area contributed by atoms with Crippen molar-refractivity contribution < 1.29 is 9.53 Å². The summed E-state index contributed by atoms with van der Waals surface area (Å²) in [6, 6.07) is 10.6. The van der Waals surface area contributed by atoms with Crippen LogP contribution in [0, 0.1) is 0 Å². The van der Waals surface area contributed by atoms with Gasteiger partial charge in [0.25, 0.3) is 0 Å². The van der Waals surface area contributed by atoms with Crippen LogP contribution in [0.25, 0.3) is 0 Å². The first-order chi connectivity index (χ1) is 11.7. The van der Waals surface area contributed by atoms with E-state index in [4.69, 9.17) is 16.3 Å². The quantitative estimate of drug-likeness (QED) is 0.747. The molecule has 1 unspecified atom stereocenters. The molecule has 1 aromatic carbocycles. The summed E-state index contributed by atoms with van der Waals surface area (Å²) in [4.78, 5) is 18.3. The number of rotatable bonds is 4. The molecule has 3 rings (SSSR count). The standard InChI is InChI=1S/C17H19ClN4O2.2ClH/c18-14-5-3-13(4-6-14)16(24-15-2-1-7-20-12-15)21-17(23)22-10-8-19-9-11-22;;/h1-7,12,16,19H,8-11H2,(H,21,23);2*1H. The van der Waals surface area contributed by atoms with Gasteiger partial charge in [-0.1, -0.05) is 23.7 Å². The minimum absolute atomic E-state index is 0. The number of aromatic nitrogens is 1. The molecule has 0 radical (unpaired) electrons. The molecule has 2 amide bonds. The fraction of sp³-hybridized carbons (Fsp3) is 0.294. The molecule has 1 aliphatic rings. The highest BCUT2D eigenvalue weighted by molar-refractivity contribution is 6.30. The molecule has 0 spiro atoms. The summed E-state index contributed by atoms with van der Waals surface area (Å²) < 4.78 is 5.92. The third kappa shape index (κ3) is 6.21. The summed E-state index contributed by atoms with van der Waals surface area (Å²) in [5, 5.41) is 6.79. The van der Waals surface area contributed by atoms with Crippen LogP contribution in [0.15, 0.2) is 48.8 Å². The fourth-order valence-corrected chi connectivity index (χ4v) is 2.57. The number of ether oxygens (including phenoxy) is 1. The predicted molar refractivity (Wildman–Crippen MR) is 107 cm³/mol. The molecule has 2 heterocycles. The highest BCUT2D eigenvalue weighted by Gasteiger charge is 2.22. The number of halogens is 3. The molecule has 9 heteroatoms. The Morgan fingerprint density at radius 2 is 1.88 bits per heavy atom. The van der Waals surface area contributed by atoms with E-state index in [0.29, 0.717) is 23.9 Å². The zero-order valence-electron chi connectivity index (χ0n) is 13.9. The number of urea groups is 1. The van der Waals surface area contributed by atoms with Gasteiger partial charge in [-0.05, 0) is 24.3 Å². The molecule has 2 aromatic rings. The maximum absolute atomic E-state index is 12.5. The maximum Gasteiger partial charge on any atom is 0.320 e. The molecule has 0 saturated carbocycles. The van der Waals surface area contributed by atoms with Crippen LogP contribution in [0.4, 0.5) is 4.79 Å². The Morgan fingerprint density at radius 3 is 2.50 bits per heavy atom. The highest BCUT2D eigenvalue weighted by atomic mass is 35.5. The summed E-state index contributed by atoms with van der Waals surface area (Å²) in [5.41, 5.74) is 0.812. The molecule has 1 fully saturated rings. The number of benzene rings is 1. The van der Waals surface area contributed by atoms with Crippen molar-refractivity contribution >= 4 is 42.4 Å². The Labute approximate surface area is 170 Å². The molecule has 6 nitrogen and oxygen atoms in total. The van der Waals surface area contributed by atoms with Gasteiger partial charge in [0.15, 0.2) is 6.23 Å². The van der Waals surface area contributed by atoms with Gasteiger partial charge < -0.3 is 15.0 Å². The third-order valence-corrected chi connectivity index (χ3v) is 3.97. The van der Waals surface area contributed by atoms with E-state index in [1.54, 1.807) is 41.6 Å². The first-order valence-electron chi connectivity index (χ1n) is 7.81. The van der Waals surface area contributed by atoms with E-state index in [1.807, 2.05) is 12.1 Å². The monoisotopic (exact) mass is 418 g/mol. The van der Waals surface area contributed by atoms with Crippen molar-refractivity contribution in [1.82, 2.24) is 20.5 Å². The number of pyridine rings is 1. The summed E-state index contributed by atoms with van der Waals surface area (Å²) in [5.74, 6) is 0.582. The predicted octanol–water partition coefficient (Wildman–Crippen LogP) is 3.27. The molecule has 142 valence electrons. The molecule has 1 aliphatic heterocycles. The van der Waals surface area contributed by atoms with Gasteiger partial charge in [0.05, 0.1) is 6.20 Å². The minimum Gasteiger partial charge on any atom is -0.465 e. The molecule has 1 saturated heterocycles. The fourth-order valence-electron chi connectivity index (χ4n) is 2.44. The van der Waals surface area contributed by atoms with Crippen molar-refractivity contribution in [3.05, 3.63) is 59.4 Å². The minimum atomic E-state index is -0.617. The Morgan fingerprint density at radius 1 is 1.19 bits per heavy atom. The van der Waals surface area contributed by atoms with Crippen LogP contribution in [-0.2, 0) is 0 Å². The van der Waals surface area contributed by atoms with E-state index in [2.05, 4.69) is 15.6 Å². The summed E-state index contributed by atoms with van der Waals surface area (Å²) >= 11 is 5.95. The smallest absolute Gasteiger partial charge is 0.320 e. The lowest BCUT2D eigenvalue weighted by molar-refractivity contribution is 0.140. The molecular formula is C17H21Cl3N4O2. The molecule has 1 aromatic heterocycles. The number of piperazine rings is 1. The lowest BCUT2D eigenvalue weighted by Crippen LogP contribution is -2.51. The van der Waals surface area contributed by atoms with Gasteiger partial charge in [-0.2, -0.15) is 0 Å². The Bertz CT molecular complexity index is 667. The second-order valence-corrected chi connectivity index (χ2v) is 5.86. The van der Waals surface area contributed by atoms with Crippen molar-refractivity contribution in [3.63, 3.8) is 0 Å². The molecular weight excluding hydrogens is 399 g/mol. The molecule has 1 atom stereocenters. The van der Waals surface area contributed by atoms with Crippen molar-refractivity contribution in [2.24, 2.45) is 0 Å². The number of carbonyl (C=O) groups excluding carboxylic acids is 1. The van der Waals surface area contributed by atoms with E-state index in [-0.39, 0.29) is 30.8 Å². The Kier molecular flexibility index (Phi) is 9.51. The second kappa shape index (κ2) is 11.1. The number of hydrogen-bond acceptors (Lipinski definition) is 4.